The van der Waals surface area contributed by atoms with Crippen molar-refractivity contribution in [2.75, 3.05) is 0 Å². The average Bonchev–Trinajstić information content (AvgIpc) is 2.06. The van der Waals surface area contributed by atoms with Crippen molar-refractivity contribution in [2.24, 2.45) is 0 Å². The lowest BCUT2D eigenvalue weighted by atomic mass is 10.5. The highest BCUT2D eigenvalue weighted by atomic mass is 16.5. The summed E-state index contributed by atoms with van der Waals surface area (Å²) in [5, 5.41) is 0. The van der Waals surface area contributed by atoms with Gasteiger partial charge in [0, 0.05) is 18.7 Å². The second kappa shape index (κ2) is 3.71. The summed E-state index contributed by atoms with van der Waals surface area (Å²) in [7, 11) is 0. The predicted octanol–water partition coefficient (Wildman–Crippen LogP) is 1.21. The molecule has 57 valence electrons. The topological polar surface area (TPSA) is 39.2 Å². The fraction of sp³-hybridized carbons (Fsp3) is 0.125. The first kappa shape index (κ1) is 7.72. The second-order valence-corrected chi connectivity index (χ2v) is 1.89. The average molecular weight is 150 g/mol. The Kier molecular flexibility index (Phi) is 2.60. The highest BCUT2D eigenvalue weighted by molar-refractivity contribution is 5.72. The largest absolute Gasteiger partial charge is 0.407 e. The number of esters is 1. The van der Waals surface area contributed by atoms with Gasteiger partial charge in [0.25, 0.3) is 0 Å². The van der Waals surface area contributed by atoms with E-state index < -0.39 is 0 Å². The van der Waals surface area contributed by atoms with Crippen LogP contribution >= 0.6 is 0 Å². The molecule has 3 heteroatoms. The molecule has 0 fully saturated rings. The van der Waals surface area contributed by atoms with Crippen molar-refractivity contribution in [3.05, 3.63) is 31.3 Å². The fourth-order valence-electron chi connectivity index (χ4n) is 0.575. The van der Waals surface area contributed by atoms with E-state index in [9.17, 15) is 4.79 Å². The number of aromatic nitrogens is 1. The van der Waals surface area contributed by atoms with Crippen molar-refractivity contribution < 1.29 is 9.53 Å². The Labute approximate surface area is 65.0 Å². The number of pyridine rings is 1. The molecule has 1 heterocycles. The zero-order valence-corrected chi connectivity index (χ0v) is 5.99. The maximum absolute atomic E-state index is 10.7. The molecule has 0 N–H and O–H groups in total. The molecule has 1 aromatic heterocycles. The van der Waals surface area contributed by atoms with E-state index >= 15 is 0 Å². The number of carbonyl (C=O) groups is 1. The summed E-state index contributed by atoms with van der Waals surface area (Å²) in [6, 6.07) is 5.12. The fourth-order valence-corrected chi connectivity index (χ4v) is 0.575. The number of hydrogen-bond acceptors (Lipinski definition) is 3. The Bertz CT molecular complexity index is 233. The van der Waals surface area contributed by atoms with Crippen molar-refractivity contribution >= 4 is 5.97 Å². The van der Waals surface area contributed by atoms with E-state index in [0.717, 1.165) is 0 Å². The Balaban J connectivity index is 2.58. The first-order valence-corrected chi connectivity index (χ1v) is 3.24. The van der Waals surface area contributed by atoms with Crippen LogP contribution < -0.4 is 4.74 Å². The lowest BCUT2D eigenvalue weighted by Crippen LogP contribution is -2.06. The molecule has 1 aromatic rings. The summed E-state index contributed by atoms with van der Waals surface area (Å²) in [4.78, 5) is 14.5. The van der Waals surface area contributed by atoms with Gasteiger partial charge in [-0.15, -0.1) is 0 Å². The third-order valence-corrected chi connectivity index (χ3v) is 1.06. The minimum absolute atomic E-state index is 0.122. The molecule has 0 aromatic carbocycles. The minimum atomic E-state index is -0.372. The van der Waals surface area contributed by atoms with Crippen LogP contribution in [0.3, 0.4) is 0 Å². The van der Waals surface area contributed by atoms with E-state index in [1.54, 1.807) is 24.4 Å². The van der Waals surface area contributed by atoms with Gasteiger partial charge in [0.2, 0.25) is 5.88 Å². The maximum Gasteiger partial charge on any atom is 0.312 e. The van der Waals surface area contributed by atoms with Crippen LogP contribution in [0.15, 0.2) is 24.4 Å². The monoisotopic (exact) mass is 150 g/mol. The highest BCUT2D eigenvalue weighted by Gasteiger charge is 1.99. The van der Waals surface area contributed by atoms with E-state index in [1.165, 1.54) is 0 Å². The molecule has 0 aliphatic heterocycles. The number of hydrogen-bond donors (Lipinski definition) is 0. The van der Waals surface area contributed by atoms with Crippen LogP contribution in [-0.2, 0) is 4.79 Å². The first-order chi connectivity index (χ1) is 5.33. The SMILES string of the molecule is [CH2]CC(=O)Oc1ccccn1. The van der Waals surface area contributed by atoms with E-state index in [1.807, 2.05) is 0 Å². The number of carbonyl (C=O) groups excluding carboxylic acids is 1. The smallest absolute Gasteiger partial charge is 0.312 e. The molecule has 0 aliphatic carbocycles. The summed E-state index contributed by atoms with van der Waals surface area (Å²) in [6.07, 6.45) is 1.68. The van der Waals surface area contributed by atoms with Gasteiger partial charge in [-0.25, -0.2) is 4.98 Å². The van der Waals surface area contributed by atoms with Gasteiger partial charge in [0.1, 0.15) is 0 Å². The van der Waals surface area contributed by atoms with E-state index in [4.69, 9.17) is 4.74 Å². The third-order valence-electron chi connectivity index (χ3n) is 1.06. The molecular weight excluding hydrogens is 142 g/mol. The standard InChI is InChI=1S/C8H8NO2/c1-2-8(10)11-7-5-3-4-6-9-7/h3-6H,1-2H2. The molecule has 1 rings (SSSR count). The van der Waals surface area contributed by atoms with Crippen LogP contribution in [0.1, 0.15) is 6.42 Å². The highest BCUT2D eigenvalue weighted by Crippen LogP contribution is 2.03. The van der Waals surface area contributed by atoms with Crippen LogP contribution in [0.2, 0.25) is 0 Å². The molecule has 0 bridgehead atoms. The first-order valence-electron chi connectivity index (χ1n) is 3.24. The van der Waals surface area contributed by atoms with Crippen LogP contribution in [-0.4, -0.2) is 11.0 Å². The van der Waals surface area contributed by atoms with Crippen LogP contribution in [0.25, 0.3) is 0 Å². The molecule has 3 nitrogen and oxygen atoms in total. The number of nitrogens with zero attached hydrogens (tertiary/aromatic N) is 1. The molecule has 0 saturated carbocycles. The van der Waals surface area contributed by atoms with Crippen molar-refractivity contribution in [2.45, 2.75) is 6.42 Å². The Morgan fingerprint density at radius 2 is 2.45 bits per heavy atom. The normalized spacial score (nSPS) is 9.18. The molecule has 1 radical (unpaired) electrons. The molecular formula is C8H8NO2. The van der Waals surface area contributed by atoms with E-state index in [-0.39, 0.29) is 12.4 Å². The van der Waals surface area contributed by atoms with Crippen LogP contribution in [0.5, 0.6) is 5.88 Å². The Morgan fingerprint density at radius 3 is 3.00 bits per heavy atom. The zero-order valence-electron chi connectivity index (χ0n) is 5.99. The van der Waals surface area contributed by atoms with Crippen molar-refractivity contribution in [3.8, 4) is 5.88 Å². The minimum Gasteiger partial charge on any atom is -0.407 e. The van der Waals surface area contributed by atoms with Gasteiger partial charge in [0.15, 0.2) is 0 Å². The maximum atomic E-state index is 10.7. The van der Waals surface area contributed by atoms with E-state index in [0.29, 0.717) is 5.88 Å². The molecule has 0 aliphatic rings. The molecule has 0 saturated heterocycles. The van der Waals surface area contributed by atoms with Gasteiger partial charge in [-0.2, -0.15) is 0 Å². The van der Waals surface area contributed by atoms with Crippen molar-refractivity contribution in [1.29, 1.82) is 0 Å². The van der Waals surface area contributed by atoms with Crippen LogP contribution in [0, 0.1) is 6.92 Å². The Hall–Kier alpha value is -1.38. The third kappa shape index (κ3) is 2.37. The number of rotatable bonds is 2. The zero-order chi connectivity index (χ0) is 8.10. The summed E-state index contributed by atoms with van der Waals surface area (Å²) in [5.74, 6) is -0.0511. The van der Waals surface area contributed by atoms with Gasteiger partial charge in [-0.3, -0.25) is 4.79 Å². The van der Waals surface area contributed by atoms with Gasteiger partial charge in [-0.1, -0.05) is 6.07 Å². The summed E-state index contributed by atoms with van der Waals surface area (Å²) >= 11 is 0. The quantitative estimate of drug-likeness (QED) is 0.595. The van der Waals surface area contributed by atoms with Gasteiger partial charge < -0.3 is 4.74 Å². The summed E-state index contributed by atoms with van der Waals surface area (Å²) in [5.41, 5.74) is 0. The van der Waals surface area contributed by atoms with E-state index in [2.05, 4.69) is 11.9 Å². The molecule has 11 heavy (non-hydrogen) atoms. The van der Waals surface area contributed by atoms with Crippen molar-refractivity contribution in [3.63, 3.8) is 0 Å². The van der Waals surface area contributed by atoms with Gasteiger partial charge in [-0.05, 0) is 13.0 Å². The molecule has 0 unspecified atom stereocenters. The van der Waals surface area contributed by atoms with Gasteiger partial charge in [0.05, 0.1) is 0 Å². The summed E-state index contributed by atoms with van der Waals surface area (Å²) < 4.78 is 4.75. The van der Waals surface area contributed by atoms with Gasteiger partial charge >= 0.3 is 5.97 Å². The lowest BCUT2D eigenvalue weighted by molar-refractivity contribution is -0.133. The van der Waals surface area contributed by atoms with Crippen LogP contribution in [0.4, 0.5) is 0 Å². The summed E-state index contributed by atoms with van der Waals surface area (Å²) in [6.45, 7) is 3.38. The lowest BCUT2D eigenvalue weighted by Gasteiger charge is -1.98. The predicted molar refractivity (Wildman–Crippen MR) is 39.8 cm³/mol. The molecule has 0 amide bonds. The van der Waals surface area contributed by atoms with Crippen molar-refractivity contribution in [1.82, 2.24) is 4.98 Å². The number of ether oxygens (including phenoxy) is 1. The molecule has 0 spiro atoms. The Morgan fingerprint density at radius 1 is 1.64 bits per heavy atom. The molecule has 0 atom stereocenters. The second-order valence-electron chi connectivity index (χ2n) is 1.89.